The van der Waals surface area contributed by atoms with E-state index in [2.05, 4.69) is 4.74 Å². The van der Waals surface area contributed by atoms with Gasteiger partial charge in [0.05, 0.1) is 7.11 Å². The largest absolute Gasteiger partial charge is 0.507 e. The zero-order valence-electron chi connectivity index (χ0n) is 13.6. The van der Waals surface area contributed by atoms with E-state index in [0.717, 1.165) is 12.1 Å². The van der Waals surface area contributed by atoms with Crippen molar-refractivity contribution in [1.82, 2.24) is 0 Å². The molecule has 0 unspecified atom stereocenters. The summed E-state index contributed by atoms with van der Waals surface area (Å²) in [4.78, 5) is 11.2. The van der Waals surface area contributed by atoms with Crippen LogP contribution in [0.1, 0.15) is 0 Å². The number of rotatable bonds is 4. The number of carbonyl (C=O) groups excluding carboxylic acids is 1. The lowest BCUT2D eigenvalue weighted by Crippen LogP contribution is -2.12. The highest BCUT2D eigenvalue weighted by atomic mass is 19.2. The zero-order chi connectivity index (χ0) is 18.8. The normalized spacial score (nSPS) is 10.8. The molecule has 0 atom stereocenters. The van der Waals surface area contributed by atoms with Crippen LogP contribution in [0.3, 0.4) is 0 Å². The number of esters is 1. The molecule has 0 saturated carbocycles. The van der Waals surface area contributed by atoms with Crippen molar-refractivity contribution in [2.45, 2.75) is 0 Å². The summed E-state index contributed by atoms with van der Waals surface area (Å²) in [5.41, 5.74) is 0.454. The fourth-order valence-corrected chi connectivity index (χ4v) is 2.57. The third kappa shape index (κ3) is 3.28. The van der Waals surface area contributed by atoms with Crippen LogP contribution in [0.4, 0.5) is 13.2 Å². The van der Waals surface area contributed by atoms with Gasteiger partial charge in [0.25, 0.3) is 0 Å². The van der Waals surface area contributed by atoms with Crippen molar-refractivity contribution >= 4 is 16.7 Å². The van der Waals surface area contributed by atoms with Gasteiger partial charge in [0.15, 0.2) is 24.1 Å². The highest BCUT2D eigenvalue weighted by Crippen LogP contribution is 2.36. The van der Waals surface area contributed by atoms with E-state index in [9.17, 15) is 23.1 Å². The van der Waals surface area contributed by atoms with Gasteiger partial charge in [-0.3, -0.25) is 0 Å². The second-order valence-corrected chi connectivity index (χ2v) is 5.46. The second-order valence-electron chi connectivity index (χ2n) is 5.46. The van der Waals surface area contributed by atoms with Crippen LogP contribution >= 0.6 is 0 Å². The van der Waals surface area contributed by atoms with Crippen molar-refractivity contribution in [3.05, 3.63) is 59.9 Å². The van der Waals surface area contributed by atoms with E-state index in [-0.39, 0.29) is 23.7 Å². The molecule has 26 heavy (non-hydrogen) atoms. The minimum absolute atomic E-state index is 0.0497. The van der Waals surface area contributed by atoms with E-state index < -0.39 is 23.4 Å². The standard InChI is InChI=1S/C19H13F3O4/c1-25-18(24)9-26-11-2-3-13-14(8-11)12(4-5-17(13)23)10-6-15(20)19(22)16(21)7-10/h2-8,23H,9H2,1H3. The maximum Gasteiger partial charge on any atom is 0.343 e. The van der Waals surface area contributed by atoms with Crippen molar-refractivity contribution < 1.29 is 32.5 Å². The summed E-state index contributed by atoms with van der Waals surface area (Å²) >= 11 is 0. The molecule has 0 spiro atoms. The number of aromatic hydroxyl groups is 1. The Hall–Kier alpha value is -3.22. The number of ether oxygens (including phenoxy) is 2. The van der Waals surface area contributed by atoms with E-state index in [0.29, 0.717) is 16.3 Å². The van der Waals surface area contributed by atoms with Crippen LogP contribution in [-0.4, -0.2) is 24.8 Å². The first-order valence-corrected chi connectivity index (χ1v) is 7.51. The molecule has 0 aromatic heterocycles. The first-order valence-electron chi connectivity index (χ1n) is 7.51. The molecule has 0 saturated heterocycles. The minimum atomic E-state index is -1.56. The van der Waals surface area contributed by atoms with Crippen molar-refractivity contribution in [1.29, 1.82) is 0 Å². The number of carbonyl (C=O) groups is 1. The molecule has 3 aromatic rings. The van der Waals surface area contributed by atoms with Gasteiger partial charge in [-0.05, 0) is 52.9 Å². The number of hydrogen-bond donors (Lipinski definition) is 1. The van der Waals surface area contributed by atoms with Gasteiger partial charge in [-0.1, -0.05) is 6.07 Å². The predicted molar refractivity (Wildman–Crippen MR) is 88.4 cm³/mol. The lowest BCUT2D eigenvalue weighted by atomic mass is 9.97. The molecule has 0 amide bonds. The molecular weight excluding hydrogens is 349 g/mol. The monoisotopic (exact) mass is 362 g/mol. The van der Waals surface area contributed by atoms with Gasteiger partial charge >= 0.3 is 5.97 Å². The van der Waals surface area contributed by atoms with Gasteiger partial charge in [0.2, 0.25) is 0 Å². The summed E-state index contributed by atoms with van der Waals surface area (Å²) in [6.07, 6.45) is 0. The van der Waals surface area contributed by atoms with E-state index in [4.69, 9.17) is 4.74 Å². The van der Waals surface area contributed by atoms with Gasteiger partial charge in [-0.15, -0.1) is 0 Å². The zero-order valence-corrected chi connectivity index (χ0v) is 13.6. The molecule has 0 radical (unpaired) electrons. The molecule has 0 aliphatic carbocycles. The third-order valence-electron chi connectivity index (χ3n) is 3.84. The number of methoxy groups -OCH3 is 1. The lowest BCUT2D eigenvalue weighted by Gasteiger charge is -2.12. The van der Waals surface area contributed by atoms with Crippen LogP contribution in [-0.2, 0) is 9.53 Å². The number of phenols is 1. The van der Waals surface area contributed by atoms with E-state index in [1.807, 2.05) is 0 Å². The van der Waals surface area contributed by atoms with Crippen molar-refractivity contribution in [3.8, 4) is 22.6 Å². The summed E-state index contributed by atoms with van der Waals surface area (Å²) in [5, 5.41) is 10.8. The maximum absolute atomic E-state index is 13.6. The van der Waals surface area contributed by atoms with Gasteiger partial charge in [0.1, 0.15) is 11.5 Å². The number of halogens is 3. The van der Waals surface area contributed by atoms with Crippen LogP contribution in [0.5, 0.6) is 11.5 Å². The van der Waals surface area contributed by atoms with Crippen LogP contribution in [0, 0.1) is 17.5 Å². The summed E-state index contributed by atoms with van der Waals surface area (Å²) in [6.45, 7) is -0.323. The highest BCUT2D eigenvalue weighted by molar-refractivity contribution is 6.00. The topological polar surface area (TPSA) is 55.8 Å². The average Bonchev–Trinajstić information content (AvgIpc) is 2.64. The maximum atomic E-state index is 13.6. The molecule has 3 aromatic carbocycles. The molecule has 134 valence electrons. The second kappa shape index (κ2) is 6.95. The first kappa shape index (κ1) is 17.6. The molecule has 7 heteroatoms. The Labute approximate surface area is 146 Å². The van der Waals surface area contributed by atoms with E-state index in [1.54, 1.807) is 0 Å². The fourth-order valence-electron chi connectivity index (χ4n) is 2.57. The average molecular weight is 362 g/mol. The number of phenolic OH excluding ortho intramolecular Hbond substituents is 1. The molecule has 0 aliphatic heterocycles. The molecule has 0 aliphatic rings. The molecular formula is C19H13F3O4. The smallest absolute Gasteiger partial charge is 0.343 e. The number of benzene rings is 3. The van der Waals surface area contributed by atoms with Crippen molar-refractivity contribution in [3.63, 3.8) is 0 Å². The summed E-state index contributed by atoms with van der Waals surface area (Å²) in [7, 11) is 1.22. The summed E-state index contributed by atoms with van der Waals surface area (Å²) in [5.74, 6) is -4.54. The molecule has 0 bridgehead atoms. The third-order valence-corrected chi connectivity index (χ3v) is 3.84. The van der Waals surface area contributed by atoms with Crippen LogP contribution in [0.25, 0.3) is 21.9 Å². The molecule has 3 rings (SSSR count). The summed E-state index contributed by atoms with van der Waals surface area (Å²) < 4.78 is 50.2. The Kier molecular flexibility index (Phi) is 4.71. The van der Waals surface area contributed by atoms with Crippen LogP contribution in [0.15, 0.2) is 42.5 Å². The Morgan fingerprint density at radius 1 is 1.00 bits per heavy atom. The van der Waals surface area contributed by atoms with E-state index in [1.165, 1.54) is 37.4 Å². The first-order chi connectivity index (χ1) is 12.4. The fraction of sp³-hybridized carbons (Fsp3) is 0.105. The Balaban J connectivity index is 2.13. The molecule has 0 fully saturated rings. The number of hydrogen-bond acceptors (Lipinski definition) is 4. The minimum Gasteiger partial charge on any atom is -0.507 e. The summed E-state index contributed by atoms with van der Waals surface area (Å²) in [6, 6.07) is 9.13. The van der Waals surface area contributed by atoms with Crippen LogP contribution in [0.2, 0.25) is 0 Å². The molecule has 0 heterocycles. The van der Waals surface area contributed by atoms with Gasteiger partial charge in [-0.2, -0.15) is 0 Å². The highest BCUT2D eigenvalue weighted by Gasteiger charge is 2.15. The molecule has 1 N–H and O–H groups in total. The van der Waals surface area contributed by atoms with E-state index >= 15 is 0 Å². The Morgan fingerprint density at radius 3 is 2.35 bits per heavy atom. The SMILES string of the molecule is COC(=O)COc1ccc2c(O)ccc(-c3cc(F)c(F)c(F)c3)c2c1. The lowest BCUT2D eigenvalue weighted by molar-refractivity contribution is -0.142. The van der Waals surface area contributed by atoms with Crippen molar-refractivity contribution in [2.75, 3.05) is 13.7 Å². The van der Waals surface area contributed by atoms with Gasteiger partial charge < -0.3 is 14.6 Å². The quantitative estimate of drug-likeness (QED) is 0.559. The van der Waals surface area contributed by atoms with Crippen LogP contribution < -0.4 is 4.74 Å². The van der Waals surface area contributed by atoms with Crippen molar-refractivity contribution in [2.24, 2.45) is 0 Å². The Morgan fingerprint density at radius 2 is 1.69 bits per heavy atom. The number of fused-ring (bicyclic) bond motifs is 1. The Bertz CT molecular complexity index is 978. The van der Waals surface area contributed by atoms with Gasteiger partial charge in [0, 0.05) is 5.39 Å². The predicted octanol–water partition coefficient (Wildman–Crippen LogP) is 4.18. The molecule has 4 nitrogen and oxygen atoms in total. The van der Waals surface area contributed by atoms with Gasteiger partial charge in [-0.25, -0.2) is 18.0 Å².